The summed E-state index contributed by atoms with van der Waals surface area (Å²) in [6, 6.07) is 6.82. The minimum Gasteiger partial charge on any atom is -0.395 e. The minimum absolute atomic E-state index is 0.0219. The van der Waals surface area contributed by atoms with Crippen LogP contribution in [0.3, 0.4) is 0 Å². The number of piperidine rings is 1. The van der Waals surface area contributed by atoms with Crippen LogP contribution in [0.4, 0.5) is 0 Å². The van der Waals surface area contributed by atoms with E-state index in [1.807, 2.05) is 0 Å². The van der Waals surface area contributed by atoms with Gasteiger partial charge in [0.2, 0.25) is 10.0 Å². The molecule has 1 aromatic carbocycles. The second kappa shape index (κ2) is 7.08. The summed E-state index contributed by atoms with van der Waals surface area (Å²) >= 11 is 0. The van der Waals surface area contributed by atoms with E-state index in [0.29, 0.717) is 31.0 Å². The molecule has 0 unspecified atom stereocenters. The summed E-state index contributed by atoms with van der Waals surface area (Å²) in [4.78, 5) is 0.269. The lowest BCUT2D eigenvalue weighted by atomic mass is 10.0. The van der Waals surface area contributed by atoms with E-state index in [1.54, 1.807) is 28.6 Å². The van der Waals surface area contributed by atoms with Crippen LogP contribution in [0.1, 0.15) is 31.7 Å². The zero-order valence-corrected chi connectivity index (χ0v) is 13.1. The second-order valence-corrected chi connectivity index (χ2v) is 7.26. The fraction of sp³-hybridized carbons (Fsp3) is 0.500. The third-order valence-electron chi connectivity index (χ3n) is 3.71. The Bertz CT molecular complexity index is 635. The van der Waals surface area contributed by atoms with Gasteiger partial charge in [0.05, 0.1) is 11.5 Å². The van der Waals surface area contributed by atoms with Gasteiger partial charge in [-0.1, -0.05) is 30.9 Å². The summed E-state index contributed by atoms with van der Waals surface area (Å²) in [5, 5.41) is 8.77. The number of hydrogen-bond donors (Lipinski definition) is 1. The van der Waals surface area contributed by atoms with Crippen LogP contribution in [0.25, 0.3) is 0 Å². The van der Waals surface area contributed by atoms with E-state index in [2.05, 4.69) is 18.8 Å². The Morgan fingerprint density at radius 2 is 1.95 bits per heavy atom. The molecule has 4 nitrogen and oxygen atoms in total. The van der Waals surface area contributed by atoms with Gasteiger partial charge in [0, 0.05) is 25.1 Å². The standard InChI is InChI=1S/C16H21NO3S/c1-14-9-11-17(12-10-14)21(19,20)16-8-3-2-6-15(16)7-4-5-13-18/h2-3,6,8,14,18H,5,9-13H2,1H3. The van der Waals surface area contributed by atoms with Gasteiger partial charge in [-0.3, -0.25) is 0 Å². The average Bonchev–Trinajstić information content (AvgIpc) is 2.48. The molecule has 1 fully saturated rings. The molecule has 114 valence electrons. The highest BCUT2D eigenvalue weighted by atomic mass is 32.2. The summed E-state index contributed by atoms with van der Waals surface area (Å²) in [7, 11) is -3.48. The van der Waals surface area contributed by atoms with Crippen LogP contribution in [-0.2, 0) is 10.0 Å². The molecule has 5 heteroatoms. The van der Waals surface area contributed by atoms with E-state index in [4.69, 9.17) is 5.11 Å². The molecule has 1 aliphatic rings. The molecule has 0 aromatic heterocycles. The van der Waals surface area contributed by atoms with Crippen LogP contribution in [0.15, 0.2) is 29.2 Å². The maximum Gasteiger partial charge on any atom is 0.244 e. The predicted octanol–water partition coefficient (Wildman–Crippen LogP) is 1.84. The van der Waals surface area contributed by atoms with Gasteiger partial charge in [-0.05, 0) is 30.9 Å². The van der Waals surface area contributed by atoms with Gasteiger partial charge in [0.15, 0.2) is 0 Å². The van der Waals surface area contributed by atoms with Crippen LogP contribution >= 0.6 is 0 Å². The molecule has 0 amide bonds. The van der Waals surface area contributed by atoms with Gasteiger partial charge in [0.25, 0.3) is 0 Å². The van der Waals surface area contributed by atoms with Gasteiger partial charge < -0.3 is 5.11 Å². The van der Waals surface area contributed by atoms with Crippen molar-refractivity contribution in [3.63, 3.8) is 0 Å². The molecule has 1 saturated heterocycles. The van der Waals surface area contributed by atoms with Crippen LogP contribution in [-0.4, -0.2) is 37.5 Å². The van der Waals surface area contributed by atoms with Gasteiger partial charge in [-0.2, -0.15) is 4.31 Å². The average molecular weight is 307 g/mol. The summed E-state index contributed by atoms with van der Waals surface area (Å²) in [5.41, 5.74) is 0.504. The normalized spacial score (nSPS) is 17.2. The SMILES string of the molecule is CC1CCN(S(=O)(=O)c2ccccc2C#CCCO)CC1. The predicted molar refractivity (Wildman–Crippen MR) is 82.2 cm³/mol. The quantitative estimate of drug-likeness (QED) is 0.867. The highest BCUT2D eigenvalue weighted by molar-refractivity contribution is 7.89. The molecular weight excluding hydrogens is 286 g/mol. The first-order valence-corrected chi connectivity index (χ1v) is 8.68. The van der Waals surface area contributed by atoms with Crippen molar-refractivity contribution in [1.82, 2.24) is 4.31 Å². The molecule has 0 aliphatic carbocycles. The number of aliphatic hydroxyl groups excluding tert-OH is 1. The third kappa shape index (κ3) is 3.85. The Morgan fingerprint density at radius 3 is 2.62 bits per heavy atom. The molecule has 1 aliphatic heterocycles. The summed E-state index contributed by atoms with van der Waals surface area (Å²) in [5.74, 6) is 6.22. The van der Waals surface area contributed by atoms with Crippen molar-refractivity contribution in [2.45, 2.75) is 31.1 Å². The van der Waals surface area contributed by atoms with E-state index in [0.717, 1.165) is 12.8 Å². The zero-order valence-electron chi connectivity index (χ0n) is 12.2. The molecule has 2 rings (SSSR count). The Balaban J connectivity index is 2.30. The number of benzene rings is 1. The first kappa shape index (κ1) is 16.0. The van der Waals surface area contributed by atoms with Crippen LogP contribution < -0.4 is 0 Å². The highest BCUT2D eigenvalue weighted by Crippen LogP contribution is 2.25. The first-order chi connectivity index (χ1) is 10.1. The molecule has 0 spiro atoms. The number of sulfonamides is 1. The lowest BCUT2D eigenvalue weighted by molar-refractivity contribution is 0.288. The molecule has 0 atom stereocenters. The Hall–Kier alpha value is -1.35. The second-order valence-electron chi connectivity index (χ2n) is 5.36. The fourth-order valence-corrected chi connectivity index (χ4v) is 3.99. The number of hydrogen-bond acceptors (Lipinski definition) is 3. The molecule has 1 aromatic rings. The zero-order chi connectivity index (χ0) is 15.3. The largest absolute Gasteiger partial charge is 0.395 e. The van der Waals surface area contributed by atoms with Gasteiger partial charge in [-0.25, -0.2) is 8.42 Å². The van der Waals surface area contributed by atoms with E-state index in [9.17, 15) is 8.42 Å². The topological polar surface area (TPSA) is 57.6 Å². The Morgan fingerprint density at radius 1 is 1.29 bits per heavy atom. The Labute approximate surface area is 126 Å². The highest BCUT2D eigenvalue weighted by Gasteiger charge is 2.29. The summed E-state index contributed by atoms with van der Waals surface area (Å²) in [6.07, 6.45) is 2.14. The maximum absolute atomic E-state index is 12.8. The van der Waals surface area contributed by atoms with Crippen molar-refractivity contribution in [2.24, 2.45) is 5.92 Å². The van der Waals surface area contributed by atoms with E-state index >= 15 is 0 Å². The van der Waals surface area contributed by atoms with E-state index in [1.165, 1.54) is 0 Å². The molecule has 0 radical (unpaired) electrons. The smallest absolute Gasteiger partial charge is 0.244 e. The van der Waals surface area contributed by atoms with Gasteiger partial charge >= 0.3 is 0 Å². The van der Waals surface area contributed by atoms with Crippen LogP contribution in [0.5, 0.6) is 0 Å². The molecule has 21 heavy (non-hydrogen) atoms. The molecular formula is C16H21NO3S. The van der Waals surface area contributed by atoms with Crippen LogP contribution in [0, 0.1) is 17.8 Å². The maximum atomic E-state index is 12.8. The van der Waals surface area contributed by atoms with Crippen molar-refractivity contribution >= 4 is 10.0 Å². The monoisotopic (exact) mass is 307 g/mol. The van der Waals surface area contributed by atoms with Gasteiger partial charge in [0.1, 0.15) is 0 Å². The van der Waals surface area contributed by atoms with Crippen LogP contribution in [0.2, 0.25) is 0 Å². The number of nitrogens with zero attached hydrogens (tertiary/aromatic N) is 1. The molecule has 0 bridgehead atoms. The molecule has 0 saturated carbocycles. The molecule has 1 N–H and O–H groups in total. The third-order valence-corrected chi connectivity index (χ3v) is 5.66. The summed E-state index contributed by atoms with van der Waals surface area (Å²) in [6.45, 7) is 3.27. The number of aliphatic hydroxyl groups is 1. The summed E-state index contributed by atoms with van der Waals surface area (Å²) < 4.78 is 27.1. The lowest BCUT2D eigenvalue weighted by Gasteiger charge is -2.29. The fourth-order valence-electron chi connectivity index (χ4n) is 2.37. The lowest BCUT2D eigenvalue weighted by Crippen LogP contribution is -2.38. The first-order valence-electron chi connectivity index (χ1n) is 7.24. The van der Waals surface area contributed by atoms with Crippen molar-refractivity contribution in [3.05, 3.63) is 29.8 Å². The van der Waals surface area contributed by atoms with Crippen molar-refractivity contribution in [2.75, 3.05) is 19.7 Å². The van der Waals surface area contributed by atoms with Crippen molar-refractivity contribution < 1.29 is 13.5 Å². The van der Waals surface area contributed by atoms with E-state index < -0.39 is 10.0 Å². The number of rotatable bonds is 3. The van der Waals surface area contributed by atoms with Crippen molar-refractivity contribution in [1.29, 1.82) is 0 Å². The Kier molecular flexibility index (Phi) is 5.40. The van der Waals surface area contributed by atoms with Crippen molar-refractivity contribution in [3.8, 4) is 11.8 Å². The minimum atomic E-state index is -3.48. The van der Waals surface area contributed by atoms with Gasteiger partial charge in [-0.15, -0.1) is 0 Å². The molecule has 1 heterocycles. The van der Waals surface area contributed by atoms with E-state index in [-0.39, 0.29) is 11.5 Å².